The van der Waals surface area contributed by atoms with Crippen LogP contribution in [0.3, 0.4) is 0 Å². The first-order valence-corrected chi connectivity index (χ1v) is 17.2. The van der Waals surface area contributed by atoms with E-state index in [2.05, 4.69) is 54.5 Å². The molecule has 14 atom stereocenters. The monoisotopic (exact) mass is 632 g/mol. The van der Waals surface area contributed by atoms with Gasteiger partial charge in [-0.15, -0.1) is 0 Å². The Balaban J connectivity index is 1.30. The van der Waals surface area contributed by atoms with E-state index in [9.17, 15) is 35.1 Å². The Bertz CT molecular complexity index is 1240. The highest BCUT2D eigenvalue weighted by atomic mass is 16.7. The smallest absolute Gasteiger partial charge is 0.335 e. The van der Waals surface area contributed by atoms with Gasteiger partial charge in [-0.05, 0) is 103 Å². The quantitative estimate of drug-likeness (QED) is 0.174. The number of aliphatic hydroxyl groups excluding tert-OH is 4. The molecule has 0 spiro atoms. The molecule has 6 aliphatic rings. The van der Waals surface area contributed by atoms with Gasteiger partial charge in [-0.2, -0.15) is 0 Å². The molecule has 4 saturated carbocycles. The third-order valence-corrected chi connectivity index (χ3v) is 15.0. The maximum absolute atomic E-state index is 12.8. The molecule has 0 aromatic heterocycles. The molecule has 0 amide bonds. The van der Waals surface area contributed by atoms with Crippen LogP contribution in [0.25, 0.3) is 0 Å². The van der Waals surface area contributed by atoms with Gasteiger partial charge in [0, 0.05) is 0 Å². The predicted octanol–water partition coefficient (Wildman–Crippen LogP) is 4.24. The second-order valence-electron chi connectivity index (χ2n) is 17.9. The van der Waals surface area contributed by atoms with Gasteiger partial charge < -0.3 is 39.8 Å². The van der Waals surface area contributed by atoms with Crippen LogP contribution in [0.4, 0.5) is 0 Å². The van der Waals surface area contributed by atoms with Crippen LogP contribution in [0.15, 0.2) is 11.6 Å². The SMILES string of the molecule is CC1(C)CC[C@]2(C=O)[C@H](O)C[C@]3(C)C(=CC[C@@H]4[C@@]5(C)CC[C@H](O[C@@H]6O[C@H](C(=O)O)[C@@H](O)[C@H](O)[C@H]6O)C(C)(C)[C@@H]5CC[C@]43C)[C@@H]2C1. The van der Waals surface area contributed by atoms with Gasteiger partial charge in [-0.3, -0.25) is 0 Å². The first-order valence-electron chi connectivity index (χ1n) is 17.2. The number of aliphatic hydroxyl groups is 4. The molecular formula is C36H56O9. The van der Waals surface area contributed by atoms with E-state index < -0.39 is 48.2 Å². The molecular weight excluding hydrogens is 576 g/mol. The fourth-order valence-electron chi connectivity index (χ4n) is 12.1. The third kappa shape index (κ3) is 4.53. The second kappa shape index (κ2) is 10.6. The minimum Gasteiger partial charge on any atom is -0.479 e. The van der Waals surface area contributed by atoms with Gasteiger partial charge >= 0.3 is 5.97 Å². The Morgan fingerprint density at radius 2 is 1.58 bits per heavy atom. The number of hydrogen-bond acceptors (Lipinski definition) is 8. The lowest BCUT2D eigenvalue weighted by Crippen LogP contribution is -2.67. The van der Waals surface area contributed by atoms with Crippen LogP contribution in [0.2, 0.25) is 0 Å². The van der Waals surface area contributed by atoms with E-state index in [4.69, 9.17) is 9.47 Å². The Labute approximate surface area is 267 Å². The van der Waals surface area contributed by atoms with Crippen LogP contribution in [-0.4, -0.2) is 80.7 Å². The summed E-state index contributed by atoms with van der Waals surface area (Å²) in [6, 6.07) is 0. The number of carboxylic acid groups (broad SMARTS) is 1. The van der Waals surface area contributed by atoms with Crippen molar-refractivity contribution in [1.82, 2.24) is 0 Å². The summed E-state index contributed by atoms with van der Waals surface area (Å²) in [4.78, 5) is 24.5. The zero-order valence-corrected chi connectivity index (χ0v) is 28.2. The van der Waals surface area contributed by atoms with Crippen LogP contribution < -0.4 is 0 Å². The molecule has 9 nitrogen and oxygen atoms in total. The van der Waals surface area contributed by atoms with Crippen molar-refractivity contribution >= 4 is 12.3 Å². The highest BCUT2D eigenvalue weighted by Crippen LogP contribution is 2.75. The Morgan fingerprint density at radius 1 is 0.889 bits per heavy atom. The van der Waals surface area contributed by atoms with E-state index in [-0.39, 0.29) is 45.0 Å². The van der Waals surface area contributed by atoms with Crippen molar-refractivity contribution in [2.45, 2.75) is 149 Å². The second-order valence-corrected chi connectivity index (χ2v) is 17.9. The lowest BCUT2D eigenvalue weighted by atomic mass is 9.33. The van der Waals surface area contributed by atoms with E-state index in [0.29, 0.717) is 18.8 Å². The van der Waals surface area contributed by atoms with Crippen LogP contribution in [-0.2, 0) is 19.1 Å². The van der Waals surface area contributed by atoms with Gasteiger partial charge in [0.1, 0.15) is 24.6 Å². The average molecular weight is 633 g/mol. The lowest BCUT2D eigenvalue weighted by Gasteiger charge is -2.71. The van der Waals surface area contributed by atoms with Crippen molar-refractivity contribution in [2.24, 2.45) is 50.2 Å². The summed E-state index contributed by atoms with van der Waals surface area (Å²) < 4.78 is 11.9. The summed E-state index contributed by atoms with van der Waals surface area (Å²) in [5.41, 5.74) is 0.139. The van der Waals surface area contributed by atoms with E-state index in [1.807, 2.05) is 0 Å². The Hall–Kier alpha value is -1.36. The maximum Gasteiger partial charge on any atom is 0.335 e. The largest absolute Gasteiger partial charge is 0.479 e. The van der Waals surface area contributed by atoms with Crippen LogP contribution in [0, 0.1) is 50.2 Å². The summed E-state index contributed by atoms with van der Waals surface area (Å²) in [5.74, 6) is -0.739. The Morgan fingerprint density at radius 3 is 2.22 bits per heavy atom. The van der Waals surface area contributed by atoms with Gasteiger partial charge in [0.15, 0.2) is 12.4 Å². The number of aldehydes is 1. The number of carbonyl (C=O) groups excluding carboxylic acids is 1. The number of allylic oxidation sites excluding steroid dienone is 2. The zero-order chi connectivity index (χ0) is 33.1. The molecule has 1 heterocycles. The standard InChI is InChI=1S/C36H56O9/c1-31(2)14-15-36(18-37)20(16-31)19-8-9-22-33(5)12-11-24(44-30-27(41)25(39)26(40)28(45-30)29(42)43)32(3,4)21(33)10-13-34(22,6)35(19,7)17-23(36)38/h8,18,20-28,30,38-41H,9-17H2,1-7H3,(H,42,43)/t20-,21-,22+,23+,24-,25-,26-,27+,28-,30+,33-,34+,35+,36+/m0/s1. The van der Waals surface area contributed by atoms with Gasteiger partial charge in [0.05, 0.1) is 17.6 Å². The molecule has 1 saturated heterocycles. The molecule has 5 fully saturated rings. The fourth-order valence-corrected chi connectivity index (χ4v) is 12.1. The van der Waals surface area contributed by atoms with Crippen molar-refractivity contribution in [3.8, 4) is 0 Å². The van der Waals surface area contributed by atoms with Crippen molar-refractivity contribution in [2.75, 3.05) is 0 Å². The van der Waals surface area contributed by atoms with Crippen molar-refractivity contribution < 1.29 is 44.6 Å². The first kappa shape index (κ1) is 33.5. The molecule has 6 rings (SSSR count). The summed E-state index contributed by atoms with van der Waals surface area (Å²) in [5, 5.41) is 52.6. The number of carboxylic acids is 1. The number of ether oxygens (including phenoxy) is 2. The predicted molar refractivity (Wildman–Crippen MR) is 166 cm³/mol. The van der Waals surface area contributed by atoms with Crippen molar-refractivity contribution in [3.05, 3.63) is 11.6 Å². The van der Waals surface area contributed by atoms with Gasteiger partial charge in [0.2, 0.25) is 0 Å². The molecule has 0 aromatic carbocycles. The summed E-state index contributed by atoms with van der Waals surface area (Å²) in [6.07, 6.45) is 2.10. The number of hydrogen-bond donors (Lipinski definition) is 5. The summed E-state index contributed by atoms with van der Waals surface area (Å²) in [6.45, 7) is 16.2. The molecule has 0 bridgehead atoms. The maximum atomic E-state index is 12.8. The number of rotatable bonds is 4. The molecule has 0 aromatic rings. The molecule has 5 aliphatic carbocycles. The molecule has 0 unspecified atom stereocenters. The number of fused-ring (bicyclic) bond motifs is 7. The van der Waals surface area contributed by atoms with E-state index in [0.717, 1.165) is 51.2 Å². The number of carbonyl (C=O) groups is 2. The number of aliphatic carboxylic acids is 1. The van der Waals surface area contributed by atoms with Gasteiger partial charge in [0.25, 0.3) is 0 Å². The molecule has 1 aliphatic heterocycles. The molecule has 45 heavy (non-hydrogen) atoms. The van der Waals surface area contributed by atoms with Crippen LogP contribution in [0.5, 0.6) is 0 Å². The first-order chi connectivity index (χ1) is 20.8. The topological polar surface area (TPSA) is 154 Å². The highest BCUT2D eigenvalue weighted by Gasteiger charge is 2.70. The fraction of sp³-hybridized carbons (Fsp3) is 0.889. The lowest BCUT2D eigenvalue weighted by molar-refractivity contribution is -0.324. The van der Waals surface area contributed by atoms with Crippen LogP contribution >= 0.6 is 0 Å². The molecule has 5 N–H and O–H groups in total. The highest BCUT2D eigenvalue weighted by molar-refractivity contribution is 5.73. The average Bonchev–Trinajstić information content (AvgIpc) is 2.94. The summed E-state index contributed by atoms with van der Waals surface area (Å²) in [7, 11) is 0. The van der Waals surface area contributed by atoms with Gasteiger partial charge in [-0.25, -0.2) is 4.79 Å². The molecule has 9 heteroatoms. The van der Waals surface area contributed by atoms with Gasteiger partial charge in [-0.1, -0.05) is 60.1 Å². The summed E-state index contributed by atoms with van der Waals surface area (Å²) >= 11 is 0. The normalized spacial score (nSPS) is 53.5. The minimum absolute atomic E-state index is 0.0390. The van der Waals surface area contributed by atoms with Crippen LogP contribution in [0.1, 0.15) is 106 Å². The zero-order valence-electron chi connectivity index (χ0n) is 28.2. The van der Waals surface area contributed by atoms with E-state index in [1.165, 1.54) is 5.57 Å². The minimum atomic E-state index is -1.75. The van der Waals surface area contributed by atoms with E-state index in [1.54, 1.807) is 0 Å². The van der Waals surface area contributed by atoms with Crippen molar-refractivity contribution in [3.63, 3.8) is 0 Å². The molecule has 254 valence electrons. The third-order valence-electron chi connectivity index (χ3n) is 15.0. The van der Waals surface area contributed by atoms with Crippen molar-refractivity contribution in [1.29, 1.82) is 0 Å². The Kier molecular flexibility index (Phi) is 7.88. The molecule has 0 radical (unpaired) electrons. The van der Waals surface area contributed by atoms with E-state index >= 15 is 0 Å².